The quantitative estimate of drug-likeness (QED) is 0.598. The second-order valence-corrected chi connectivity index (χ2v) is 10.2. The summed E-state index contributed by atoms with van der Waals surface area (Å²) >= 11 is 3.71. The first-order valence-electron chi connectivity index (χ1n) is 11.6. The van der Waals surface area contributed by atoms with Gasteiger partial charge in [-0.15, -0.1) is 0 Å². The third-order valence-electron chi connectivity index (χ3n) is 7.70. The number of carbonyl (C=O) groups is 1. The zero-order valence-corrected chi connectivity index (χ0v) is 21.2. The number of ether oxygens (including phenoxy) is 2. The fourth-order valence-electron chi connectivity index (χ4n) is 6.18. The molecule has 1 spiro atoms. The normalized spacial score (nSPS) is 28.6. The molecule has 8 heteroatoms. The molecule has 2 heterocycles. The first-order valence-corrected chi connectivity index (χ1v) is 12.4. The van der Waals surface area contributed by atoms with Crippen LogP contribution in [-0.2, 0) is 16.8 Å². The molecule has 1 aliphatic carbocycles. The Kier molecular flexibility index (Phi) is 6.06. The Morgan fingerprint density at radius 3 is 2.74 bits per heavy atom. The van der Waals surface area contributed by atoms with Gasteiger partial charge in [-0.2, -0.15) is 0 Å². The summed E-state index contributed by atoms with van der Waals surface area (Å²) in [6.45, 7) is 2.45. The lowest BCUT2D eigenvalue weighted by molar-refractivity contribution is 0.0333. The number of amides is 1. The Labute approximate surface area is 207 Å². The average Bonchev–Trinajstić information content (AvgIpc) is 3.10. The van der Waals surface area contributed by atoms with Crippen molar-refractivity contribution in [2.45, 2.75) is 50.3 Å². The molecule has 0 bridgehead atoms. The molecule has 2 aliphatic heterocycles. The van der Waals surface area contributed by atoms with Crippen LogP contribution in [0, 0.1) is 5.92 Å². The van der Waals surface area contributed by atoms with E-state index in [4.69, 9.17) is 14.3 Å². The number of nitrogens with zero attached hydrogens (tertiary/aromatic N) is 2. The highest BCUT2D eigenvalue weighted by molar-refractivity contribution is 9.10. The van der Waals surface area contributed by atoms with Crippen molar-refractivity contribution < 1.29 is 24.2 Å². The summed E-state index contributed by atoms with van der Waals surface area (Å²) in [6.07, 6.45) is 1.82. The highest BCUT2D eigenvalue weighted by atomic mass is 79.9. The molecular formula is C26H29BrN2O5. The van der Waals surface area contributed by atoms with E-state index in [-0.39, 0.29) is 36.0 Å². The number of hydrogen-bond donors (Lipinski definition) is 1. The Bertz CT molecular complexity index is 1140. The van der Waals surface area contributed by atoms with Crippen molar-refractivity contribution in [3.63, 3.8) is 0 Å². The van der Waals surface area contributed by atoms with Crippen molar-refractivity contribution in [3.8, 4) is 11.5 Å². The maximum Gasteiger partial charge on any atom is 0.254 e. The number of halogens is 1. The lowest BCUT2D eigenvalue weighted by atomic mass is 9.59. The minimum absolute atomic E-state index is 0.0887. The van der Waals surface area contributed by atoms with Gasteiger partial charge in [0, 0.05) is 29.5 Å². The maximum atomic E-state index is 13.6. The lowest BCUT2D eigenvalue weighted by Gasteiger charge is -2.45. The topological polar surface area (TPSA) is 80.6 Å². The smallest absolute Gasteiger partial charge is 0.254 e. The van der Waals surface area contributed by atoms with Crippen molar-refractivity contribution in [2.24, 2.45) is 11.1 Å². The Hall–Kier alpha value is -2.58. The summed E-state index contributed by atoms with van der Waals surface area (Å²) < 4.78 is 13.1. The lowest BCUT2D eigenvalue weighted by Crippen LogP contribution is -2.53. The minimum atomic E-state index is -0.370. The molecule has 1 saturated carbocycles. The number of carbonyl (C=O) groups excluding carboxylic acids is 1. The van der Waals surface area contributed by atoms with Gasteiger partial charge in [0.2, 0.25) is 0 Å². The van der Waals surface area contributed by atoms with E-state index in [2.05, 4.69) is 28.0 Å². The fourth-order valence-corrected chi connectivity index (χ4v) is 6.75. The predicted molar refractivity (Wildman–Crippen MR) is 131 cm³/mol. The van der Waals surface area contributed by atoms with Gasteiger partial charge in [0.1, 0.15) is 29.2 Å². The molecule has 34 heavy (non-hydrogen) atoms. The molecule has 1 fully saturated rings. The van der Waals surface area contributed by atoms with Crippen molar-refractivity contribution in [1.29, 1.82) is 0 Å². The van der Waals surface area contributed by atoms with Gasteiger partial charge < -0.3 is 24.3 Å². The van der Waals surface area contributed by atoms with E-state index in [0.29, 0.717) is 30.7 Å². The van der Waals surface area contributed by atoms with Crippen LogP contribution in [0.1, 0.15) is 47.7 Å². The number of rotatable bonds is 4. The van der Waals surface area contributed by atoms with Gasteiger partial charge in [0.25, 0.3) is 5.91 Å². The van der Waals surface area contributed by atoms with Gasteiger partial charge in [-0.3, -0.25) is 4.79 Å². The third kappa shape index (κ3) is 3.41. The summed E-state index contributed by atoms with van der Waals surface area (Å²) in [5, 5.41) is 14.8. The van der Waals surface area contributed by atoms with Crippen LogP contribution < -0.4 is 9.47 Å². The van der Waals surface area contributed by atoms with Gasteiger partial charge in [-0.1, -0.05) is 30.3 Å². The van der Waals surface area contributed by atoms with Crippen molar-refractivity contribution in [1.82, 2.24) is 4.90 Å². The molecule has 180 valence electrons. The van der Waals surface area contributed by atoms with Crippen LogP contribution in [0.4, 0.5) is 0 Å². The van der Waals surface area contributed by atoms with Crippen LogP contribution in [0.5, 0.6) is 11.5 Å². The zero-order valence-electron chi connectivity index (χ0n) is 19.6. The number of aliphatic hydroxyl groups is 1. The molecule has 0 saturated heterocycles. The molecule has 0 unspecified atom stereocenters. The number of hydrogen-bond acceptors (Lipinski definition) is 6. The molecule has 2 aromatic carbocycles. The Morgan fingerprint density at radius 1 is 1.29 bits per heavy atom. The van der Waals surface area contributed by atoms with Crippen molar-refractivity contribution in [3.05, 3.63) is 57.6 Å². The first kappa shape index (κ1) is 23.2. The third-order valence-corrected chi connectivity index (χ3v) is 8.45. The Balaban J connectivity index is 1.68. The van der Waals surface area contributed by atoms with Crippen LogP contribution in [0.25, 0.3) is 0 Å². The zero-order chi connectivity index (χ0) is 24.0. The maximum absolute atomic E-state index is 13.6. The molecule has 2 aromatic rings. The fraction of sp³-hybridized carbons (Fsp3) is 0.462. The summed E-state index contributed by atoms with van der Waals surface area (Å²) in [6, 6.07) is 10.9. The van der Waals surface area contributed by atoms with E-state index in [0.717, 1.165) is 33.5 Å². The van der Waals surface area contributed by atoms with Gasteiger partial charge >= 0.3 is 0 Å². The van der Waals surface area contributed by atoms with Gasteiger partial charge in [0.05, 0.1) is 25.5 Å². The first-order chi connectivity index (χ1) is 16.4. The number of aliphatic hydroxyl groups excluding tert-OH is 1. The number of methoxy groups -OCH3 is 1. The van der Waals surface area contributed by atoms with E-state index >= 15 is 0 Å². The van der Waals surface area contributed by atoms with E-state index < -0.39 is 0 Å². The van der Waals surface area contributed by atoms with Gasteiger partial charge in [-0.05, 0) is 58.5 Å². The van der Waals surface area contributed by atoms with Gasteiger partial charge in [-0.25, -0.2) is 0 Å². The summed E-state index contributed by atoms with van der Waals surface area (Å²) in [4.78, 5) is 20.6. The molecule has 3 aliphatic rings. The summed E-state index contributed by atoms with van der Waals surface area (Å²) in [5.41, 5.74) is 3.32. The standard InChI is InChI=1S/C26H29BrN2O5/c1-15-9-18(28-33-3)11-21-26(15)12-19(14-30)29(25(31)16-7-5-4-6-8-16)13-17-10-20(32-2)23(27)24(34-21)22(17)26/h4-8,10,15,19,21,30H,9,11-14H2,1-3H3/b28-18+/t15-,19+,21-,26+/m1/s1. The monoisotopic (exact) mass is 528 g/mol. The minimum Gasteiger partial charge on any atom is -0.495 e. The molecule has 4 atom stereocenters. The van der Waals surface area contributed by atoms with Gasteiger partial charge in [0.15, 0.2) is 0 Å². The number of oxime groups is 1. The largest absolute Gasteiger partial charge is 0.495 e. The average molecular weight is 529 g/mol. The molecule has 1 amide bonds. The summed E-state index contributed by atoms with van der Waals surface area (Å²) in [5.74, 6) is 1.52. The van der Waals surface area contributed by atoms with E-state index in [1.165, 1.54) is 0 Å². The van der Waals surface area contributed by atoms with Crippen LogP contribution in [0.15, 0.2) is 46.0 Å². The highest BCUT2D eigenvalue weighted by Crippen LogP contribution is 2.60. The highest BCUT2D eigenvalue weighted by Gasteiger charge is 2.59. The molecule has 0 radical (unpaired) electrons. The van der Waals surface area contributed by atoms with Crippen LogP contribution in [0.3, 0.4) is 0 Å². The van der Waals surface area contributed by atoms with E-state index in [1.807, 2.05) is 41.3 Å². The SMILES string of the molecule is CO/N=C1\C[C@@H](C)[C@]23C[C@@H](CO)N(C(=O)c4ccccc4)Cc4cc(OC)c(Br)c(c42)O[C@@H]3C1. The van der Waals surface area contributed by atoms with E-state index in [9.17, 15) is 9.90 Å². The van der Waals surface area contributed by atoms with Crippen molar-refractivity contribution >= 4 is 27.5 Å². The number of benzene rings is 2. The van der Waals surface area contributed by atoms with Crippen LogP contribution in [-0.4, -0.2) is 54.6 Å². The molecule has 7 nitrogen and oxygen atoms in total. The van der Waals surface area contributed by atoms with Crippen LogP contribution >= 0.6 is 15.9 Å². The molecule has 1 N–H and O–H groups in total. The van der Waals surface area contributed by atoms with Crippen LogP contribution in [0.2, 0.25) is 0 Å². The molecule has 0 aromatic heterocycles. The van der Waals surface area contributed by atoms with E-state index in [1.54, 1.807) is 14.2 Å². The summed E-state index contributed by atoms with van der Waals surface area (Å²) in [7, 11) is 3.19. The second kappa shape index (κ2) is 8.89. The predicted octanol–water partition coefficient (Wildman–Crippen LogP) is 4.30. The molecule has 5 rings (SSSR count). The second-order valence-electron chi connectivity index (χ2n) is 9.39. The Morgan fingerprint density at radius 2 is 2.06 bits per heavy atom. The van der Waals surface area contributed by atoms with Crippen molar-refractivity contribution in [2.75, 3.05) is 20.8 Å². The molecular weight excluding hydrogens is 500 g/mol.